The number of hydrogen-bond donors (Lipinski definition) is 2. The van der Waals surface area contributed by atoms with Crippen molar-refractivity contribution in [1.29, 1.82) is 0 Å². The molecule has 2 fully saturated rings. The summed E-state index contributed by atoms with van der Waals surface area (Å²) in [5.41, 5.74) is -0.705. The molecule has 2 aliphatic carbocycles. The van der Waals surface area contributed by atoms with E-state index in [1.807, 2.05) is 0 Å². The highest BCUT2D eigenvalue weighted by molar-refractivity contribution is 5.80. The molecule has 0 amide bonds. The zero-order valence-corrected chi connectivity index (χ0v) is 13.9. The van der Waals surface area contributed by atoms with Gasteiger partial charge in [-0.2, -0.15) is 0 Å². The average molecular weight is 296 g/mol. The van der Waals surface area contributed by atoms with Crippen LogP contribution in [0.2, 0.25) is 0 Å². The normalized spacial score (nSPS) is 21.8. The standard InChI is InChI=1S/C17H32N2O2/c1-4-13(5-2)11-19(6-3)12-17(16(20)21,14-7-8-14)18-15-9-10-15/h13-15,18H,4-12H2,1-3H3,(H,20,21). The molecule has 0 heterocycles. The third-order valence-electron chi connectivity index (χ3n) is 5.29. The highest BCUT2D eigenvalue weighted by Gasteiger charge is 2.53. The Hall–Kier alpha value is -0.610. The Labute approximate surface area is 129 Å². The maximum absolute atomic E-state index is 12.1. The average Bonchev–Trinajstić information content (AvgIpc) is 3.35. The van der Waals surface area contributed by atoms with Gasteiger partial charge in [0.05, 0.1) is 0 Å². The minimum atomic E-state index is -0.705. The van der Waals surface area contributed by atoms with Gasteiger partial charge in [0.25, 0.3) is 0 Å². The Bertz CT molecular complexity index is 349. The van der Waals surface area contributed by atoms with Gasteiger partial charge in [0.1, 0.15) is 5.54 Å². The molecule has 0 saturated heterocycles. The summed E-state index contributed by atoms with van der Waals surface area (Å²) in [6, 6.07) is 0.438. The van der Waals surface area contributed by atoms with Crippen molar-refractivity contribution in [2.75, 3.05) is 19.6 Å². The van der Waals surface area contributed by atoms with Gasteiger partial charge in [0.15, 0.2) is 0 Å². The predicted octanol–water partition coefficient (Wildman–Crippen LogP) is 2.73. The Morgan fingerprint density at radius 1 is 1.24 bits per heavy atom. The van der Waals surface area contributed by atoms with Crippen LogP contribution in [0.1, 0.15) is 59.3 Å². The Kier molecular flexibility index (Phi) is 5.67. The van der Waals surface area contributed by atoms with Crippen molar-refractivity contribution in [3.05, 3.63) is 0 Å². The number of carbonyl (C=O) groups is 1. The van der Waals surface area contributed by atoms with Gasteiger partial charge in [-0.15, -0.1) is 0 Å². The van der Waals surface area contributed by atoms with Crippen LogP contribution in [-0.4, -0.2) is 47.2 Å². The van der Waals surface area contributed by atoms with Crippen LogP contribution in [-0.2, 0) is 4.79 Å². The molecule has 1 atom stereocenters. The van der Waals surface area contributed by atoms with E-state index in [1.54, 1.807) is 0 Å². The van der Waals surface area contributed by atoms with Crippen molar-refractivity contribution in [2.24, 2.45) is 11.8 Å². The van der Waals surface area contributed by atoms with Gasteiger partial charge in [-0.3, -0.25) is 10.1 Å². The van der Waals surface area contributed by atoms with Gasteiger partial charge in [-0.1, -0.05) is 33.6 Å². The summed E-state index contributed by atoms with van der Waals surface area (Å²) >= 11 is 0. The van der Waals surface area contributed by atoms with Crippen LogP contribution in [0.3, 0.4) is 0 Å². The molecular weight excluding hydrogens is 264 g/mol. The summed E-state index contributed by atoms with van der Waals surface area (Å²) in [6.45, 7) is 9.24. The third-order valence-corrected chi connectivity index (χ3v) is 5.29. The SMILES string of the molecule is CCC(CC)CN(CC)CC(NC1CC1)(C(=O)O)C1CC1. The van der Waals surface area contributed by atoms with Gasteiger partial charge in [0.2, 0.25) is 0 Å². The molecule has 2 saturated carbocycles. The number of likely N-dealkylation sites (N-methyl/N-ethyl adjacent to an activating group) is 1. The third kappa shape index (κ3) is 4.19. The largest absolute Gasteiger partial charge is 0.480 e. The van der Waals surface area contributed by atoms with E-state index in [9.17, 15) is 9.90 Å². The van der Waals surface area contributed by atoms with E-state index in [2.05, 4.69) is 31.0 Å². The molecule has 0 spiro atoms. The number of hydrogen-bond acceptors (Lipinski definition) is 3. The highest BCUT2D eigenvalue weighted by atomic mass is 16.4. The van der Waals surface area contributed by atoms with Crippen molar-refractivity contribution < 1.29 is 9.90 Å². The number of aliphatic carboxylic acids is 1. The molecule has 0 bridgehead atoms. The van der Waals surface area contributed by atoms with E-state index in [-0.39, 0.29) is 0 Å². The van der Waals surface area contributed by atoms with Crippen LogP contribution in [0.4, 0.5) is 0 Å². The Balaban J connectivity index is 2.06. The summed E-state index contributed by atoms with van der Waals surface area (Å²) in [6.07, 6.45) is 6.75. The number of rotatable bonds is 11. The van der Waals surface area contributed by atoms with E-state index in [0.717, 1.165) is 38.8 Å². The Morgan fingerprint density at radius 2 is 1.86 bits per heavy atom. The van der Waals surface area contributed by atoms with Crippen LogP contribution in [0.5, 0.6) is 0 Å². The van der Waals surface area contributed by atoms with Gasteiger partial charge < -0.3 is 10.0 Å². The molecule has 0 aromatic carbocycles. The molecule has 2 rings (SSSR count). The van der Waals surface area contributed by atoms with Crippen LogP contribution >= 0.6 is 0 Å². The second-order valence-electron chi connectivity index (χ2n) is 6.98. The topological polar surface area (TPSA) is 52.6 Å². The number of carboxylic acid groups (broad SMARTS) is 1. The molecule has 2 aliphatic rings. The molecule has 2 N–H and O–H groups in total. The maximum Gasteiger partial charge on any atom is 0.325 e. The van der Waals surface area contributed by atoms with Gasteiger partial charge in [-0.25, -0.2) is 0 Å². The van der Waals surface area contributed by atoms with Crippen molar-refractivity contribution in [3.63, 3.8) is 0 Å². The van der Waals surface area contributed by atoms with Gasteiger partial charge in [0, 0.05) is 19.1 Å². The lowest BCUT2D eigenvalue weighted by atomic mass is 9.91. The molecule has 1 unspecified atom stereocenters. The lowest BCUT2D eigenvalue weighted by molar-refractivity contribution is -0.147. The molecule has 4 heteroatoms. The summed E-state index contributed by atoms with van der Waals surface area (Å²) in [5, 5.41) is 13.4. The quantitative estimate of drug-likeness (QED) is 0.615. The van der Waals surface area contributed by atoms with Crippen molar-refractivity contribution >= 4 is 5.97 Å². The van der Waals surface area contributed by atoms with E-state index >= 15 is 0 Å². The summed E-state index contributed by atoms with van der Waals surface area (Å²) in [5.74, 6) is 0.364. The van der Waals surface area contributed by atoms with Crippen molar-refractivity contribution in [3.8, 4) is 0 Å². The van der Waals surface area contributed by atoms with Crippen LogP contribution < -0.4 is 5.32 Å². The molecule has 122 valence electrons. The summed E-state index contributed by atoms with van der Waals surface area (Å²) < 4.78 is 0. The predicted molar refractivity (Wildman–Crippen MR) is 85.4 cm³/mol. The number of nitrogens with one attached hydrogen (secondary N) is 1. The fourth-order valence-corrected chi connectivity index (χ4v) is 3.33. The van der Waals surface area contributed by atoms with Gasteiger partial charge in [-0.05, 0) is 44.1 Å². The molecule has 21 heavy (non-hydrogen) atoms. The zero-order valence-electron chi connectivity index (χ0n) is 13.9. The smallest absolute Gasteiger partial charge is 0.325 e. The van der Waals surface area contributed by atoms with Gasteiger partial charge >= 0.3 is 5.97 Å². The molecule has 0 radical (unpaired) electrons. The first-order chi connectivity index (χ1) is 10.1. The molecule has 0 aromatic heterocycles. The fraction of sp³-hybridized carbons (Fsp3) is 0.941. The summed E-state index contributed by atoms with van der Waals surface area (Å²) in [7, 11) is 0. The summed E-state index contributed by atoms with van der Waals surface area (Å²) in [4.78, 5) is 14.4. The molecular formula is C17H32N2O2. The second kappa shape index (κ2) is 7.10. The lowest BCUT2D eigenvalue weighted by Gasteiger charge is -2.37. The molecule has 0 aromatic rings. The second-order valence-corrected chi connectivity index (χ2v) is 6.98. The minimum Gasteiger partial charge on any atom is -0.480 e. The van der Waals surface area contributed by atoms with E-state index in [0.29, 0.717) is 24.4 Å². The van der Waals surface area contributed by atoms with E-state index in [4.69, 9.17) is 0 Å². The first kappa shape index (κ1) is 16.8. The first-order valence-corrected chi connectivity index (χ1v) is 8.79. The monoisotopic (exact) mass is 296 g/mol. The molecule has 0 aliphatic heterocycles. The van der Waals surface area contributed by atoms with E-state index < -0.39 is 11.5 Å². The molecule has 4 nitrogen and oxygen atoms in total. The Morgan fingerprint density at radius 3 is 2.24 bits per heavy atom. The highest BCUT2D eigenvalue weighted by Crippen LogP contribution is 2.42. The van der Waals surface area contributed by atoms with Crippen molar-refractivity contribution in [2.45, 2.75) is 70.9 Å². The lowest BCUT2D eigenvalue weighted by Crippen LogP contribution is -2.61. The van der Waals surface area contributed by atoms with Crippen LogP contribution in [0, 0.1) is 11.8 Å². The van der Waals surface area contributed by atoms with Crippen LogP contribution in [0.25, 0.3) is 0 Å². The van der Waals surface area contributed by atoms with Crippen LogP contribution in [0.15, 0.2) is 0 Å². The maximum atomic E-state index is 12.1. The minimum absolute atomic E-state index is 0.325. The van der Waals surface area contributed by atoms with Crippen molar-refractivity contribution in [1.82, 2.24) is 10.2 Å². The zero-order chi connectivity index (χ0) is 15.5. The van der Waals surface area contributed by atoms with E-state index in [1.165, 1.54) is 12.8 Å². The fourth-order valence-electron chi connectivity index (χ4n) is 3.33. The number of carboxylic acids is 1. The number of nitrogens with zero attached hydrogens (tertiary/aromatic N) is 1. The first-order valence-electron chi connectivity index (χ1n) is 8.79.